The fourth-order valence-electron chi connectivity index (χ4n) is 4.44. The number of nitrogens with zero attached hydrogens (tertiary/aromatic N) is 2. The smallest absolute Gasteiger partial charge is 0.256 e. The molecule has 1 fully saturated rings. The minimum absolute atomic E-state index is 0.0283. The fraction of sp³-hybridized carbons (Fsp3) is 0.130. The number of rotatable bonds is 2. The summed E-state index contributed by atoms with van der Waals surface area (Å²) in [6, 6.07) is 25.3. The lowest BCUT2D eigenvalue weighted by atomic mass is 9.90. The molecule has 0 spiro atoms. The number of hydrogen-bond acceptors (Lipinski definition) is 2. The highest BCUT2D eigenvalue weighted by atomic mass is 35.5. The summed E-state index contributed by atoms with van der Waals surface area (Å²) < 4.78 is 0. The zero-order chi connectivity index (χ0) is 20.0. The van der Waals surface area contributed by atoms with Crippen molar-refractivity contribution in [2.75, 3.05) is 18.4 Å². The van der Waals surface area contributed by atoms with E-state index in [4.69, 9.17) is 23.8 Å². The van der Waals surface area contributed by atoms with E-state index in [0.717, 1.165) is 22.4 Å². The third kappa shape index (κ3) is 2.65. The van der Waals surface area contributed by atoms with Gasteiger partial charge in [-0.3, -0.25) is 4.79 Å². The molecule has 2 aliphatic heterocycles. The molecule has 2 heterocycles. The molecular weight excluding hydrogens is 402 g/mol. The average Bonchev–Trinajstić information content (AvgIpc) is 3.25. The molecule has 0 saturated carbocycles. The van der Waals surface area contributed by atoms with Crippen LogP contribution in [0.3, 0.4) is 0 Å². The lowest BCUT2D eigenvalue weighted by Crippen LogP contribution is -2.52. The minimum atomic E-state index is -0.781. The first kappa shape index (κ1) is 18.2. The first-order valence-corrected chi connectivity index (χ1v) is 10.2. The highest BCUT2D eigenvalue weighted by Gasteiger charge is 2.58. The summed E-state index contributed by atoms with van der Waals surface area (Å²) in [5.41, 5.74) is 2.77. The number of fused-ring (bicyclic) bond motifs is 3. The molecule has 144 valence electrons. The van der Waals surface area contributed by atoms with Crippen LogP contribution in [0.2, 0.25) is 5.02 Å². The Morgan fingerprint density at radius 2 is 1.62 bits per heavy atom. The van der Waals surface area contributed by atoms with Crippen molar-refractivity contribution in [2.24, 2.45) is 0 Å². The predicted octanol–water partition coefficient (Wildman–Crippen LogP) is 4.71. The Bertz CT molecular complexity index is 1100. The van der Waals surface area contributed by atoms with Crippen LogP contribution in [0.5, 0.6) is 0 Å². The summed E-state index contributed by atoms with van der Waals surface area (Å²) in [6.07, 6.45) is 0. The summed E-state index contributed by atoms with van der Waals surface area (Å²) >= 11 is 12.0. The Morgan fingerprint density at radius 3 is 2.38 bits per heavy atom. The molecule has 29 heavy (non-hydrogen) atoms. The molecule has 4 nitrogen and oxygen atoms in total. The number of hydrogen-bond donors (Lipinski definition) is 1. The molecule has 1 N–H and O–H groups in total. The molecule has 5 rings (SSSR count). The van der Waals surface area contributed by atoms with Crippen LogP contribution in [0.1, 0.15) is 21.5 Å². The topological polar surface area (TPSA) is 35.6 Å². The molecule has 1 amide bonds. The van der Waals surface area contributed by atoms with Gasteiger partial charge in [0.1, 0.15) is 0 Å². The van der Waals surface area contributed by atoms with E-state index in [0.29, 0.717) is 23.2 Å². The molecule has 0 radical (unpaired) electrons. The minimum Gasteiger partial charge on any atom is -0.333 e. The predicted molar refractivity (Wildman–Crippen MR) is 119 cm³/mol. The van der Waals surface area contributed by atoms with Crippen molar-refractivity contribution in [1.82, 2.24) is 9.80 Å². The number of carbonyl (C=O) groups is 1. The second-order valence-corrected chi connectivity index (χ2v) is 7.95. The standard InChI is InChI=1S/C23H18ClN3OS/c24-17-12-10-16(11-13-17)23-20-9-5-4-8-19(20)21(28)26(23)14-15-27(23)22(29)25-18-6-2-1-3-7-18/h1-13H,14-15H2,(H,25,29)/t23-/m1/s1. The number of halogens is 1. The average molecular weight is 420 g/mol. The van der Waals surface area contributed by atoms with Gasteiger partial charge in [-0.15, -0.1) is 0 Å². The Kier molecular flexibility index (Phi) is 4.30. The van der Waals surface area contributed by atoms with Gasteiger partial charge in [-0.05, 0) is 42.5 Å². The zero-order valence-corrected chi connectivity index (χ0v) is 17.1. The van der Waals surface area contributed by atoms with E-state index in [9.17, 15) is 4.79 Å². The third-order valence-electron chi connectivity index (χ3n) is 5.62. The van der Waals surface area contributed by atoms with Crippen LogP contribution in [-0.4, -0.2) is 33.9 Å². The van der Waals surface area contributed by atoms with Crippen molar-refractivity contribution >= 4 is 40.5 Å². The summed E-state index contributed by atoms with van der Waals surface area (Å²) in [7, 11) is 0. The van der Waals surface area contributed by atoms with Crippen molar-refractivity contribution in [3.05, 3.63) is 101 Å². The van der Waals surface area contributed by atoms with Gasteiger partial charge in [0.25, 0.3) is 5.91 Å². The number of anilines is 1. The van der Waals surface area contributed by atoms with Crippen molar-refractivity contribution < 1.29 is 4.79 Å². The number of amides is 1. The summed E-state index contributed by atoms with van der Waals surface area (Å²) in [4.78, 5) is 17.3. The number of carbonyl (C=O) groups excluding carboxylic acids is 1. The first-order chi connectivity index (χ1) is 14.1. The van der Waals surface area contributed by atoms with Crippen LogP contribution >= 0.6 is 23.8 Å². The lowest BCUT2D eigenvalue weighted by molar-refractivity contribution is 0.0604. The quantitative estimate of drug-likeness (QED) is 0.610. The molecule has 1 saturated heterocycles. The van der Waals surface area contributed by atoms with Crippen molar-refractivity contribution in [1.29, 1.82) is 0 Å². The van der Waals surface area contributed by atoms with Gasteiger partial charge >= 0.3 is 0 Å². The van der Waals surface area contributed by atoms with Crippen molar-refractivity contribution in [2.45, 2.75) is 5.66 Å². The van der Waals surface area contributed by atoms with Gasteiger partial charge in [0.15, 0.2) is 10.8 Å². The normalized spacial score (nSPS) is 19.8. The van der Waals surface area contributed by atoms with Crippen LogP contribution in [-0.2, 0) is 5.66 Å². The summed E-state index contributed by atoms with van der Waals surface area (Å²) in [5.74, 6) is 0.0283. The van der Waals surface area contributed by atoms with Crippen LogP contribution in [0, 0.1) is 0 Å². The number of nitrogens with one attached hydrogen (secondary N) is 1. The van der Waals surface area contributed by atoms with Crippen LogP contribution in [0.25, 0.3) is 0 Å². The van der Waals surface area contributed by atoms with Gasteiger partial charge in [-0.2, -0.15) is 0 Å². The van der Waals surface area contributed by atoms with Crippen LogP contribution in [0.15, 0.2) is 78.9 Å². The van der Waals surface area contributed by atoms with Crippen molar-refractivity contribution in [3.63, 3.8) is 0 Å². The van der Waals surface area contributed by atoms with E-state index in [1.165, 1.54) is 0 Å². The van der Waals surface area contributed by atoms with Crippen molar-refractivity contribution in [3.8, 4) is 0 Å². The molecule has 3 aromatic rings. The van der Waals surface area contributed by atoms with E-state index in [-0.39, 0.29) is 5.91 Å². The molecule has 1 atom stereocenters. The van der Waals surface area contributed by atoms with Gasteiger partial charge in [0.2, 0.25) is 0 Å². The second-order valence-electron chi connectivity index (χ2n) is 7.13. The molecule has 3 aromatic carbocycles. The lowest BCUT2D eigenvalue weighted by Gasteiger charge is -2.41. The molecular formula is C23H18ClN3OS. The maximum atomic E-state index is 13.3. The van der Waals surface area contributed by atoms with Gasteiger partial charge in [0.05, 0.1) is 0 Å². The first-order valence-electron chi connectivity index (χ1n) is 9.43. The Morgan fingerprint density at radius 1 is 0.931 bits per heavy atom. The van der Waals surface area contributed by atoms with Crippen LogP contribution in [0.4, 0.5) is 5.69 Å². The molecule has 6 heteroatoms. The van der Waals surface area contributed by atoms with E-state index in [1.807, 2.05) is 83.8 Å². The maximum absolute atomic E-state index is 13.3. The number of thiocarbonyl (C=S) groups is 1. The third-order valence-corrected chi connectivity index (χ3v) is 6.20. The SMILES string of the molecule is O=C1c2ccccc2[C@]2(c3ccc(Cl)cc3)N1CCN2C(=S)Nc1ccccc1. The Hall–Kier alpha value is -2.89. The second kappa shape index (κ2) is 6.87. The summed E-state index contributed by atoms with van der Waals surface area (Å²) in [6.45, 7) is 1.23. The molecule has 0 bridgehead atoms. The summed E-state index contributed by atoms with van der Waals surface area (Å²) in [5, 5.41) is 4.58. The van der Waals surface area contributed by atoms with E-state index >= 15 is 0 Å². The molecule has 0 aromatic heterocycles. The van der Waals surface area contributed by atoms with Gasteiger partial charge in [-0.1, -0.05) is 60.1 Å². The maximum Gasteiger partial charge on any atom is 0.256 e. The van der Waals surface area contributed by atoms with Crippen LogP contribution < -0.4 is 5.32 Å². The van der Waals surface area contributed by atoms with E-state index < -0.39 is 5.66 Å². The number of para-hydroxylation sites is 1. The van der Waals surface area contributed by atoms with Gasteiger partial charge < -0.3 is 15.1 Å². The monoisotopic (exact) mass is 419 g/mol. The van der Waals surface area contributed by atoms with E-state index in [2.05, 4.69) is 10.2 Å². The van der Waals surface area contributed by atoms with Gasteiger partial charge in [0, 0.05) is 40.5 Å². The highest BCUT2D eigenvalue weighted by Crippen LogP contribution is 2.49. The largest absolute Gasteiger partial charge is 0.333 e. The molecule has 0 unspecified atom stereocenters. The highest BCUT2D eigenvalue weighted by molar-refractivity contribution is 7.80. The fourth-order valence-corrected chi connectivity index (χ4v) is 4.91. The Balaban J connectivity index is 1.67. The molecule has 0 aliphatic carbocycles. The zero-order valence-electron chi connectivity index (χ0n) is 15.5. The van der Waals surface area contributed by atoms with E-state index in [1.54, 1.807) is 0 Å². The molecule has 2 aliphatic rings. The Labute approximate surface area is 179 Å². The van der Waals surface area contributed by atoms with Gasteiger partial charge in [-0.25, -0.2) is 0 Å². The number of benzene rings is 3.